The van der Waals surface area contributed by atoms with Crippen LogP contribution in [0, 0.1) is 0 Å². The molecule has 0 rings (SSSR count). The zero-order chi connectivity index (χ0) is 13.9. The van der Waals surface area contributed by atoms with E-state index in [0.29, 0.717) is 0 Å². The first-order valence-electron chi connectivity index (χ1n) is 3.96. The number of carbonyl (C=O) groups excluding carboxylic acids is 1. The molecule has 2 unspecified atom stereocenters. The summed E-state index contributed by atoms with van der Waals surface area (Å²) in [5, 5.41) is 0. The number of esters is 1. The van der Waals surface area contributed by atoms with Gasteiger partial charge in [0.1, 0.15) is 10.6 Å². The fourth-order valence-corrected chi connectivity index (χ4v) is 1.44. The highest BCUT2D eigenvalue weighted by Gasteiger charge is 2.45. The summed E-state index contributed by atoms with van der Waals surface area (Å²) in [5.74, 6) is -3.11. The van der Waals surface area contributed by atoms with Crippen molar-refractivity contribution in [2.45, 2.75) is 17.1 Å². The van der Waals surface area contributed by atoms with Gasteiger partial charge < -0.3 is 4.74 Å². The van der Waals surface area contributed by atoms with Gasteiger partial charge in [-0.3, -0.25) is 9.35 Å². The van der Waals surface area contributed by atoms with Crippen LogP contribution in [0.4, 0.5) is 13.2 Å². The SMILES string of the molecule is C=CC(Br)C(=O)OC(CS(=O)(=O)O)C(F)(F)F. The van der Waals surface area contributed by atoms with Crippen LogP contribution in [0.3, 0.4) is 0 Å². The lowest BCUT2D eigenvalue weighted by Gasteiger charge is -2.20. The maximum atomic E-state index is 12.3. The molecule has 0 fully saturated rings. The summed E-state index contributed by atoms with van der Waals surface area (Å²) in [6.45, 7) is 3.13. The van der Waals surface area contributed by atoms with E-state index in [1.54, 1.807) is 0 Å². The number of alkyl halides is 4. The predicted octanol–water partition coefficient (Wildman–Crippen LogP) is 1.30. The first-order chi connectivity index (χ1) is 7.47. The van der Waals surface area contributed by atoms with E-state index in [1.165, 1.54) is 0 Å². The summed E-state index contributed by atoms with van der Waals surface area (Å²) >= 11 is 2.65. The van der Waals surface area contributed by atoms with Crippen molar-refractivity contribution in [1.82, 2.24) is 0 Å². The van der Waals surface area contributed by atoms with Crippen LogP contribution in [0.5, 0.6) is 0 Å². The predicted molar refractivity (Wildman–Crippen MR) is 55.3 cm³/mol. The summed E-state index contributed by atoms with van der Waals surface area (Å²) in [7, 11) is -4.92. The molecule has 5 nitrogen and oxygen atoms in total. The monoisotopic (exact) mass is 340 g/mol. The average molecular weight is 341 g/mol. The van der Waals surface area contributed by atoms with Gasteiger partial charge in [0.15, 0.2) is 0 Å². The molecule has 0 amide bonds. The number of rotatable bonds is 5. The van der Waals surface area contributed by atoms with Crippen molar-refractivity contribution >= 4 is 32.0 Å². The molecule has 0 aliphatic carbocycles. The average Bonchev–Trinajstić information content (AvgIpc) is 2.11. The van der Waals surface area contributed by atoms with E-state index in [1.807, 2.05) is 0 Å². The van der Waals surface area contributed by atoms with Crippen molar-refractivity contribution in [3.05, 3.63) is 12.7 Å². The summed E-state index contributed by atoms with van der Waals surface area (Å²) in [4.78, 5) is 9.80. The van der Waals surface area contributed by atoms with Crippen LogP contribution in [0.1, 0.15) is 0 Å². The molecule has 2 atom stereocenters. The first-order valence-corrected chi connectivity index (χ1v) is 6.49. The molecule has 0 aromatic rings. The Kier molecular flexibility index (Phi) is 5.62. The Balaban J connectivity index is 4.86. The van der Waals surface area contributed by atoms with Crippen LogP contribution in [0.15, 0.2) is 12.7 Å². The number of carbonyl (C=O) groups is 1. The third kappa shape index (κ3) is 6.64. The van der Waals surface area contributed by atoms with Gasteiger partial charge >= 0.3 is 12.1 Å². The lowest BCUT2D eigenvalue weighted by Crippen LogP contribution is -2.40. The molecule has 10 heteroatoms. The third-order valence-electron chi connectivity index (χ3n) is 1.42. The van der Waals surface area contributed by atoms with E-state index >= 15 is 0 Å². The van der Waals surface area contributed by atoms with Gasteiger partial charge in [-0.2, -0.15) is 21.6 Å². The molecule has 0 aromatic heterocycles. The number of ether oxygens (including phenoxy) is 1. The minimum atomic E-state index is -5.10. The van der Waals surface area contributed by atoms with E-state index in [0.717, 1.165) is 6.08 Å². The third-order valence-corrected chi connectivity index (χ3v) is 2.89. The highest BCUT2D eigenvalue weighted by atomic mass is 79.9. The summed E-state index contributed by atoms with van der Waals surface area (Å²) in [6.07, 6.45) is -7.06. The molecular formula is C7H8BrF3O5S. The van der Waals surface area contributed by atoms with Gasteiger partial charge in [-0.15, -0.1) is 6.58 Å². The van der Waals surface area contributed by atoms with Crippen LogP contribution >= 0.6 is 15.9 Å². The fourth-order valence-electron chi connectivity index (χ4n) is 0.688. The lowest BCUT2D eigenvalue weighted by molar-refractivity contribution is -0.214. The van der Waals surface area contributed by atoms with Gasteiger partial charge in [-0.25, -0.2) is 0 Å². The molecule has 0 aromatic carbocycles. The topological polar surface area (TPSA) is 80.7 Å². The van der Waals surface area contributed by atoms with Gasteiger partial charge in [-0.1, -0.05) is 22.0 Å². The van der Waals surface area contributed by atoms with E-state index in [-0.39, 0.29) is 0 Å². The Hall–Kier alpha value is -0.610. The van der Waals surface area contributed by atoms with Crippen LogP contribution in [0.25, 0.3) is 0 Å². The Morgan fingerprint density at radius 2 is 2.00 bits per heavy atom. The molecule has 17 heavy (non-hydrogen) atoms. The second-order valence-electron chi connectivity index (χ2n) is 2.85. The molecule has 100 valence electrons. The molecule has 1 N–H and O–H groups in total. The summed E-state index contributed by atoms with van der Waals surface area (Å²) in [6, 6.07) is 0. The van der Waals surface area contributed by atoms with E-state index in [4.69, 9.17) is 4.55 Å². The largest absolute Gasteiger partial charge is 0.450 e. The van der Waals surface area contributed by atoms with E-state index < -0.39 is 38.9 Å². The highest BCUT2D eigenvalue weighted by molar-refractivity contribution is 9.10. The fraction of sp³-hybridized carbons (Fsp3) is 0.571. The zero-order valence-electron chi connectivity index (χ0n) is 8.15. The second kappa shape index (κ2) is 5.83. The minimum absolute atomic E-state index is 0.962. The molecule has 0 radical (unpaired) electrons. The zero-order valence-corrected chi connectivity index (χ0v) is 10.5. The molecule has 0 aliphatic heterocycles. The smallest absolute Gasteiger partial charge is 0.426 e. The van der Waals surface area contributed by atoms with Gasteiger partial charge in [-0.05, 0) is 0 Å². The molecule has 0 saturated heterocycles. The summed E-state index contributed by atoms with van der Waals surface area (Å²) < 4.78 is 69.8. The first kappa shape index (κ1) is 16.4. The number of hydrogen-bond donors (Lipinski definition) is 1. The van der Waals surface area contributed by atoms with E-state index in [9.17, 15) is 26.4 Å². The van der Waals surface area contributed by atoms with Crippen molar-refractivity contribution in [2.24, 2.45) is 0 Å². The van der Waals surface area contributed by atoms with Gasteiger partial charge in [0, 0.05) is 0 Å². The molecular weight excluding hydrogens is 333 g/mol. The van der Waals surface area contributed by atoms with Gasteiger partial charge in [0.2, 0.25) is 6.10 Å². The van der Waals surface area contributed by atoms with Crippen LogP contribution in [0.2, 0.25) is 0 Å². The maximum absolute atomic E-state index is 12.3. The normalized spacial score (nSPS) is 16.1. The Morgan fingerprint density at radius 1 is 1.53 bits per heavy atom. The van der Waals surface area contributed by atoms with Gasteiger partial charge in [0.05, 0.1) is 0 Å². The van der Waals surface area contributed by atoms with Crippen LogP contribution in [-0.4, -0.2) is 41.8 Å². The molecule has 0 saturated carbocycles. The van der Waals surface area contributed by atoms with Crippen molar-refractivity contribution in [3.63, 3.8) is 0 Å². The lowest BCUT2D eigenvalue weighted by atomic mass is 10.4. The highest BCUT2D eigenvalue weighted by Crippen LogP contribution is 2.25. The molecule has 0 heterocycles. The van der Waals surface area contributed by atoms with Crippen LogP contribution in [-0.2, 0) is 19.6 Å². The second-order valence-corrected chi connectivity index (χ2v) is 5.34. The Labute approximate surface area is 104 Å². The van der Waals surface area contributed by atoms with E-state index in [2.05, 4.69) is 27.2 Å². The van der Waals surface area contributed by atoms with Crippen molar-refractivity contribution in [2.75, 3.05) is 5.75 Å². The quantitative estimate of drug-likeness (QED) is 0.353. The van der Waals surface area contributed by atoms with Crippen molar-refractivity contribution in [3.8, 4) is 0 Å². The van der Waals surface area contributed by atoms with Crippen molar-refractivity contribution in [1.29, 1.82) is 0 Å². The van der Waals surface area contributed by atoms with Crippen LogP contribution < -0.4 is 0 Å². The Morgan fingerprint density at radius 3 is 2.29 bits per heavy atom. The summed E-state index contributed by atoms with van der Waals surface area (Å²) in [5.41, 5.74) is 0. The molecule has 0 aliphatic rings. The Bertz CT molecular complexity index is 391. The van der Waals surface area contributed by atoms with Crippen molar-refractivity contribution < 1.29 is 35.7 Å². The molecule has 0 bridgehead atoms. The van der Waals surface area contributed by atoms with Gasteiger partial charge in [0.25, 0.3) is 10.1 Å². The minimum Gasteiger partial charge on any atom is -0.450 e. The molecule has 0 spiro atoms. The standard InChI is InChI=1S/C7H8BrF3O5S/c1-2-4(8)6(12)16-5(7(9,10)11)3-17(13,14)15/h2,4-5H,1,3H2,(H,13,14,15). The maximum Gasteiger partial charge on any atom is 0.426 e. The number of hydrogen-bond acceptors (Lipinski definition) is 4. The number of halogens is 4.